The van der Waals surface area contributed by atoms with Gasteiger partial charge < -0.3 is 0 Å². The van der Waals surface area contributed by atoms with Crippen LogP contribution in [0.2, 0.25) is 0 Å². The van der Waals surface area contributed by atoms with Crippen LogP contribution in [0, 0.1) is 0 Å². The highest BCUT2D eigenvalue weighted by Crippen LogP contribution is 2.09. The van der Waals surface area contributed by atoms with Crippen molar-refractivity contribution >= 4 is 17.5 Å². The summed E-state index contributed by atoms with van der Waals surface area (Å²) in [7, 11) is 1.37. The SMILES string of the molecule is CONC(=O)c1ccncc1CCl. The van der Waals surface area contributed by atoms with Crippen LogP contribution in [0.3, 0.4) is 0 Å². The molecule has 0 saturated heterocycles. The van der Waals surface area contributed by atoms with E-state index in [4.69, 9.17) is 11.6 Å². The fraction of sp³-hybridized carbons (Fsp3) is 0.250. The van der Waals surface area contributed by atoms with E-state index in [9.17, 15) is 4.79 Å². The van der Waals surface area contributed by atoms with Gasteiger partial charge in [0, 0.05) is 23.8 Å². The summed E-state index contributed by atoms with van der Waals surface area (Å²) < 4.78 is 0. The molecule has 1 heterocycles. The number of hydrogen-bond donors (Lipinski definition) is 1. The topological polar surface area (TPSA) is 51.2 Å². The number of nitrogens with zero attached hydrogens (tertiary/aromatic N) is 1. The largest absolute Gasteiger partial charge is 0.277 e. The van der Waals surface area contributed by atoms with Crippen LogP contribution in [-0.2, 0) is 10.7 Å². The molecule has 1 N–H and O–H groups in total. The molecule has 1 aromatic heterocycles. The second-order valence-electron chi connectivity index (χ2n) is 2.30. The molecular weight excluding hydrogens is 192 g/mol. The molecule has 4 nitrogen and oxygen atoms in total. The molecule has 0 aromatic carbocycles. The monoisotopic (exact) mass is 200 g/mol. The average Bonchev–Trinajstić information content (AvgIpc) is 2.18. The number of aromatic nitrogens is 1. The quantitative estimate of drug-likeness (QED) is 0.588. The number of nitrogens with one attached hydrogen (secondary N) is 1. The zero-order chi connectivity index (χ0) is 9.68. The second kappa shape index (κ2) is 4.79. The van der Waals surface area contributed by atoms with Crippen LogP contribution in [0.5, 0.6) is 0 Å². The average molecular weight is 201 g/mol. The van der Waals surface area contributed by atoms with E-state index in [1.807, 2.05) is 0 Å². The maximum absolute atomic E-state index is 11.3. The highest BCUT2D eigenvalue weighted by Gasteiger charge is 2.09. The zero-order valence-corrected chi connectivity index (χ0v) is 7.84. The van der Waals surface area contributed by atoms with E-state index < -0.39 is 0 Å². The van der Waals surface area contributed by atoms with Crippen molar-refractivity contribution in [1.82, 2.24) is 10.5 Å². The molecule has 0 aliphatic heterocycles. The fourth-order valence-electron chi connectivity index (χ4n) is 0.903. The molecule has 0 aliphatic rings. The van der Waals surface area contributed by atoms with Crippen molar-refractivity contribution in [2.24, 2.45) is 0 Å². The molecule has 0 unspecified atom stereocenters. The van der Waals surface area contributed by atoms with Gasteiger partial charge in [0.05, 0.1) is 7.11 Å². The van der Waals surface area contributed by atoms with Crippen LogP contribution in [0.4, 0.5) is 0 Å². The van der Waals surface area contributed by atoms with E-state index in [-0.39, 0.29) is 11.8 Å². The molecule has 13 heavy (non-hydrogen) atoms. The van der Waals surface area contributed by atoms with E-state index in [2.05, 4.69) is 15.3 Å². The van der Waals surface area contributed by atoms with Crippen molar-refractivity contribution in [3.05, 3.63) is 29.6 Å². The van der Waals surface area contributed by atoms with E-state index in [1.165, 1.54) is 13.3 Å². The molecule has 0 spiro atoms. The Hall–Kier alpha value is -1.13. The molecule has 0 saturated carbocycles. The lowest BCUT2D eigenvalue weighted by Gasteiger charge is -2.04. The van der Waals surface area contributed by atoms with E-state index in [0.717, 1.165) is 0 Å². The number of hydrogen-bond acceptors (Lipinski definition) is 3. The normalized spacial score (nSPS) is 9.69. The lowest BCUT2D eigenvalue weighted by Crippen LogP contribution is -2.23. The first-order valence-electron chi connectivity index (χ1n) is 3.61. The third kappa shape index (κ3) is 2.40. The lowest BCUT2D eigenvalue weighted by molar-refractivity contribution is 0.0537. The number of rotatable bonds is 3. The minimum Gasteiger partial charge on any atom is -0.277 e. The van der Waals surface area contributed by atoms with Crippen LogP contribution in [0.1, 0.15) is 15.9 Å². The van der Waals surface area contributed by atoms with Gasteiger partial charge in [0.15, 0.2) is 0 Å². The summed E-state index contributed by atoms with van der Waals surface area (Å²) in [5.41, 5.74) is 3.37. The third-order valence-electron chi connectivity index (χ3n) is 1.49. The van der Waals surface area contributed by atoms with Gasteiger partial charge in [-0.05, 0) is 11.6 Å². The van der Waals surface area contributed by atoms with Crippen molar-refractivity contribution < 1.29 is 9.63 Å². The summed E-state index contributed by atoms with van der Waals surface area (Å²) in [5, 5.41) is 0. The third-order valence-corrected chi connectivity index (χ3v) is 1.77. The van der Waals surface area contributed by atoms with Crippen LogP contribution < -0.4 is 5.48 Å². The number of carbonyl (C=O) groups is 1. The second-order valence-corrected chi connectivity index (χ2v) is 2.57. The van der Waals surface area contributed by atoms with E-state index in [1.54, 1.807) is 12.3 Å². The molecule has 0 radical (unpaired) electrons. The van der Waals surface area contributed by atoms with Gasteiger partial charge in [0.25, 0.3) is 5.91 Å². The fourth-order valence-corrected chi connectivity index (χ4v) is 1.12. The lowest BCUT2D eigenvalue weighted by atomic mass is 10.1. The number of amides is 1. The van der Waals surface area contributed by atoms with Crippen molar-refractivity contribution in [1.29, 1.82) is 0 Å². The standard InChI is InChI=1S/C8H9ClN2O2/c1-13-11-8(12)7-2-3-10-5-6(7)4-9/h2-3,5H,4H2,1H3,(H,11,12). The van der Waals surface area contributed by atoms with Crippen LogP contribution >= 0.6 is 11.6 Å². The summed E-state index contributed by atoms with van der Waals surface area (Å²) in [6.07, 6.45) is 3.08. The Bertz CT molecular complexity index is 304. The summed E-state index contributed by atoms with van der Waals surface area (Å²) >= 11 is 5.62. The number of alkyl halides is 1. The van der Waals surface area contributed by atoms with Crippen LogP contribution in [0.25, 0.3) is 0 Å². The summed E-state index contributed by atoms with van der Waals surface area (Å²) in [6.45, 7) is 0. The first kappa shape index (κ1) is 9.95. The van der Waals surface area contributed by atoms with Gasteiger partial charge in [-0.25, -0.2) is 5.48 Å². The smallest absolute Gasteiger partial charge is 0.275 e. The zero-order valence-electron chi connectivity index (χ0n) is 7.08. The van der Waals surface area contributed by atoms with Gasteiger partial charge >= 0.3 is 0 Å². The number of hydroxylamine groups is 1. The summed E-state index contributed by atoms with van der Waals surface area (Å²) in [5.74, 6) is -0.0686. The first-order valence-corrected chi connectivity index (χ1v) is 4.15. The Morgan fingerprint density at radius 3 is 3.15 bits per heavy atom. The molecule has 0 aliphatic carbocycles. The van der Waals surface area contributed by atoms with Crippen molar-refractivity contribution in [3.63, 3.8) is 0 Å². The number of halogens is 1. The molecule has 1 rings (SSSR count). The molecular formula is C8H9ClN2O2. The van der Waals surface area contributed by atoms with Crippen molar-refractivity contribution in [3.8, 4) is 0 Å². The summed E-state index contributed by atoms with van der Waals surface area (Å²) in [4.78, 5) is 19.6. The van der Waals surface area contributed by atoms with Gasteiger partial charge in [-0.15, -0.1) is 11.6 Å². The maximum Gasteiger partial charge on any atom is 0.275 e. The molecule has 0 atom stereocenters. The minimum absolute atomic E-state index is 0.250. The highest BCUT2D eigenvalue weighted by molar-refractivity contribution is 6.17. The molecule has 1 amide bonds. The number of carbonyl (C=O) groups excluding carboxylic acids is 1. The molecule has 1 aromatic rings. The predicted molar refractivity (Wildman–Crippen MR) is 48.3 cm³/mol. The Morgan fingerprint density at radius 1 is 1.77 bits per heavy atom. The van der Waals surface area contributed by atoms with Gasteiger partial charge in [-0.2, -0.15) is 0 Å². The van der Waals surface area contributed by atoms with Gasteiger partial charge in [-0.3, -0.25) is 14.6 Å². The molecule has 0 fully saturated rings. The van der Waals surface area contributed by atoms with Crippen molar-refractivity contribution in [2.45, 2.75) is 5.88 Å². The van der Waals surface area contributed by atoms with Crippen LogP contribution in [0.15, 0.2) is 18.5 Å². The first-order chi connectivity index (χ1) is 6.29. The molecule has 70 valence electrons. The minimum atomic E-state index is -0.319. The Morgan fingerprint density at radius 2 is 2.54 bits per heavy atom. The summed E-state index contributed by atoms with van der Waals surface area (Å²) in [6, 6.07) is 1.59. The van der Waals surface area contributed by atoms with Gasteiger partial charge in [0.1, 0.15) is 0 Å². The van der Waals surface area contributed by atoms with E-state index in [0.29, 0.717) is 11.1 Å². The Labute approximate surface area is 80.8 Å². The van der Waals surface area contributed by atoms with E-state index >= 15 is 0 Å². The highest BCUT2D eigenvalue weighted by atomic mass is 35.5. The Kier molecular flexibility index (Phi) is 3.67. The van der Waals surface area contributed by atoms with Crippen molar-refractivity contribution in [2.75, 3.05) is 7.11 Å². The maximum atomic E-state index is 11.3. The predicted octanol–water partition coefficient (Wildman–Crippen LogP) is 1.11. The Balaban J connectivity index is 2.92. The van der Waals surface area contributed by atoms with Gasteiger partial charge in [-0.1, -0.05) is 0 Å². The molecule has 0 bridgehead atoms. The molecule has 5 heteroatoms. The van der Waals surface area contributed by atoms with Gasteiger partial charge in [0.2, 0.25) is 0 Å². The van der Waals surface area contributed by atoms with Crippen LogP contribution in [-0.4, -0.2) is 18.0 Å². The number of pyridine rings is 1.